The Hall–Kier alpha value is -2.68. The minimum absolute atomic E-state index is 0.148. The molecule has 28 heavy (non-hydrogen) atoms. The van der Waals surface area contributed by atoms with Crippen LogP contribution in [0.25, 0.3) is 33.3 Å². The lowest BCUT2D eigenvalue weighted by atomic mass is 9.90. The van der Waals surface area contributed by atoms with Crippen LogP contribution in [0, 0.1) is 13.8 Å². The highest BCUT2D eigenvalue weighted by molar-refractivity contribution is 6.09. The van der Waals surface area contributed by atoms with Crippen molar-refractivity contribution in [1.82, 2.24) is 9.97 Å². The number of hydrogen-bond acceptors (Lipinski definition) is 3. The molecule has 144 valence electrons. The number of benzene rings is 1. The average Bonchev–Trinajstić information content (AvgIpc) is 3.10. The molecule has 1 atom stereocenters. The van der Waals surface area contributed by atoms with Crippen molar-refractivity contribution in [3.63, 3.8) is 0 Å². The van der Waals surface area contributed by atoms with Crippen molar-refractivity contribution in [3.05, 3.63) is 58.9 Å². The summed E-state index contributed by atoms with van der Waals surface area (Å²) in [5.41, 5.74) is 3.28. The molecule has 1 unspecified atom stereocenters. The van der Waals surface area contributed by atoms with Gasteiger partial charge in [0.15, 0.2) is 0 Å². The number of nitrogens with zero attached hydrogens (tertiary/aromatic N) is 2. The van der Waals surface area contributed by atoms with Crippen molar-refractivity contribution in [2.24, 2.45) is 0 Å². The molecule has 0 N–H and O–H groups in total. The maximum Gasteiger partial charge on any atom is 0.227 e. The Balaban J connectivity index is 1.99. The van der Waals surface area contributed by atoms with E-state index >= 15 is 0 Å². The van der Waals surface area contributed by atoms with Crippen LogP contribution in [0.3, 0.4) is 0 Å². The van der Waals surface area contributed by atoms with Gasteiger partial charge in [0.25, 0.3) is 0 Å². The van der Waals surface area contributed by atoms with E-state index in [1.165, 1.54) is 19.2 Å². The van der Waals surface area contributed by atoms with Crippen molar-refractivity contribution in [3.8, 4) is 11.3 Å². The molecule has 0 aliphatic rings. The van der Waals surface area contributed by atoms with Crippen LogP contribution in [0.15, 0.2) is 40.9 Å². The predicted octanol–water partition coefficient (Wildman–Crippen LogP) is 7.08. The summed E-state index contributed by atoms with van der Waals surface area (Å²) in [6.45, 7) is 4.06. The standard InChI is InChI=1S/C25H28N2O/c1-14(2)19-13-26-20(11-15(19)3)17-9-8-10-18-22-16(4)12-21(25(5,6)7)27-24(22)28-23(17)18/h8-14H,1-7H3/i1D3,3D3,14D. The molecule has 4 rings (SSSR count). The number of hydrogen-bond donors (Lipinski definition) is 0. The van der Waals surface area contributed by atoms with Crippen LogP contribution in [-0.2, 0) is 5.41 Å². The predicted molar refractivity (Wildman–Crippen MR) is 117 cm³/mol. The van der Waals surface area contributed by atoms with E-state index in [1.54, 1.807) is 6.07 Å². The topological polar surface area (TPSA) is 38.9 Å². The van der Waals surface area contributed by atoms with E-state index in [9.17, 15) is 0 Å². The van der Waals surface area contributed by atoms with E-state index < -0.39 is 19.6 Å². The molecule has 1 aromatic carbocycles. The van der Waals surface area contributed by atoms with Gasteiger partial charge < -0.3 is 4.42 Å². The fraction of sp³-hybridized carbons (Fsp3) is 0.360. The first-order valence-electron chi connectivity index (χ1n) is 12.8. The van der Waals surface area contributed by atoms with Gasteiger partial charge in [0.2, 0.25) is 5.71 Å². The zero-order chi connectivity index (χ0) is 26.1. The Morgan fingerprint density at radius 3 is 2.71 bits per heavy atom. The first kappa shape index (κ1) is 12.0. The third-order valence-electron chi connectivity index (χ3n) is 5.02. The van der Waals surface area contributed by atoms with E-state index in [0.717, 1.165) is 22.0 Å². The van der Waals surface area contributed by atoms with Gasteiger partial charge in [0, 0.05) is 32.2 Å². The molecule has 0 spiro atoms. The number of para-hydroxylation sites is 1. The van der Waals surface area contributed by atoms with E-state index in [2.05, 4.69) is 25.8 Å². The fourth-order valence-corrected chi connectivity index (χ4v) is 3.47. The molecule has 0 amide bonds. The molecule has 0 saturated carbocycles. The van der Waals surface area contributed by atoms with Crippen LogP contribution >= 0.6 is 0 Å². The van der Waals surface area contributed by atoms with Crippen LogP contribution in [0.4, 0.5) is 0 Å². The first-order chi connectivity index (χ1) is 15.9. The molecule has 0 fully saturated rings. The van der Waals surface area contributed by atoms with Crippen molar-refractivity contribution in [1.29, 1.82) is 0 Å². The Morgan fingerprint density at radius 2 is 2.00 bits per heavy atom. The summed E-state index contributed by atoms with van der Waals surface area (Å²) in [6, 6.07) is 8.94. The Morgan fingerprint density at radius 1 is 1.18 bits per heavy atom. The summed E-state index contributed by atoms with van der Waals surface area (Å²) < 4.78 is 62.0. The Bertz CT molecular complexity index is 1440. The second-order valence-electron chi connectivity index (χ2n) is 8.28. The van der Waals surface area contributed by atoms with Gasteiger partial charge in [0.1, 0.15) is 5.58 Å². The molecule has 3 nitrogen and oxygen atoms in total. The summed E-state index contributed by atoms with van der Waals surface area (Å²) in [5, 5.41) is 1.71. The van der Waals surface area contributed by atoms with Crippen molar-refractivity contribution in [2.75, 3.05) is 0 Å². The zero-order valence-electron chi connectivity index (χ0n) is 23.8. The van der Waals surface area contributed by atoms with Gasteiger partial charge in [-0.1, -0.05) is 46.7 Å². The number of aryl methyl sites for hydroxylation is 2. The van der Waals surface area contributed by atoms with Gasteiger partial charge in [-0.25, -0.2) is 4.98 Å². The maximum atomic E-state index is 8.43. The van der Waals surface area contributed by atoms with E-state index in [0.29, 0.717) is 22.6 Å². The summed E-state index contributed by atoms with van der Waals surface area (Å²) in [7, 11) is 0. The Kier molecular flexibility index (Phi) is 2.76. The van der Waals surface area contributed by atoms with Crippen LogP contribution < -0.4 is 0 Å². The van der Waals surface area contributed by atoms with E-state index in [1.807, 2.05) is 25.1 Å². The SMILES string of the molecule is [2H]C([2H])([2H])c1cc(-c2cccc3c2oc2nc(C(C)(C)C)cc(C)c23)ncc1C([2H])(C)C([2H])([2H])[2H]. The normalized spacial score (nSPS) is 19.1. The molecule has 3 heteroatoms. The zero-order valence-corrected chi connectivity index (χ0v) is 16.8. The summed E-state index contributed by atoms with van der Waals surface area (Å²) in [5.74, 6) is -2.14. The van der Waals surface area contributed by atoms with Crippen molar-refractivity contribution in [2.45, 2.75) is 59.6 Å². The number of furan rings is 1. The highest BCUT2D eigenvalue weighted by Crippen LogP contribution is 2.37. The molecule has 0 saturated heterocycles. The Labute approximate surface area is 176 Å². The summed E-state index contributed by atoms with van der Waals surface area (Å²) in [4.78, 5) is 9.15. The second kappa shape index (κ2) is 6.44. The molecular formula is C25H28N2O. The highest BCUT2D eigenvalue weighted by atomic mass is 16.3. The lowest BCUT2D eigenvalue weighted by Gasteiger charge is -2.17. The van der Waals surface area contributed by atoms with Gasteiger partial charge in [-0.15, -0.1) is 0 Å². The number of fused-ring (bicyclic) bond motifs is 3. The first-order valence-corrected chi connectivity index (χ1v) is 9.27. The van der Waals surface area contributed by atoms with Gasteiger partial charge in [-0.3, -0.25) is 4.98 Å². The maximum absolute atomic E-state index is 8.43. The fourth-order valence-electron chi connectivity index (χ4n) is 3.47. The number of rotatable bonds is 2. The van der Waals surface area contributed by atoms with Gasteiger partial charge >= 0.3 is 0 Å². The van der Waals surface area contributed by atoms with Crippen LogP contribution in [0.1, 0.15) is 72.4 Å². The lowest BCUT2D eigenvalue weighted by Crippen LogP contribution is -2.13. The molecule has 0 bridgehead atoms. The van der Waals surface area contributed by atoms with Crippen molar-refractivity contribution < 1.29 is 14.0 Å². The van der Waals surface area contributed by atoms with Gasteiger partial charge in [-0.2, -0.15) is 0 Å². The minimum Gasteiger partial charge on any atom is -0.437 e. The third-order valence-corrected chi connectivity index (χ3v) is 5.02. The molecule has 0 radical (unpaired) electrons. The molecule has 3 heterocycles. The third kappa shape index (κ3) is 2.99. The molecule has 0 aliphatic carbocycles. The van der Waals surface area contributed by atoms with Crippen LogP contribution in [-0.4, -0.2) is 9.97 Å². The molecule has 0 aliphatic heterocycles. The second-order valence-corrected chi connectivity index (χ2v) is 8.28. The minimum atomic E-state index is -2.73. The average molecular weight is 380 g/mol. The molecule has 3 aromatic heterocycles. The summed E-state index contributed by atoms with van der Waals surface area (Å²) >= 11 is 0. The summed E-state index contributed by atoms with van der Waals surface area (Å²) in [6.07, 6.45) is 1.19. The quantitative estimate of drug-likeness (QED) is 0.373. The van der Waals surface area contributed by atoms with E-state index in [4.69, 9.17) is 19.0 Å². The lowest BCUT2D eigenvalue weighted by molar-refractivity contribution is 0.561. The van der Waals surface area contributed by atoms with Crippen LogP contribution in [0.5, 0.6) is 0 Å². The van der Waals surface area contributed by atoms with Gasteiger partial charge in [0.05, 0.1) is 16.8 Å². The van der Waals surface area contributed by atoms with Crippen LogP contribution in [0.2, 0.25) is 0 Å². The smallest absolute Gasteiger partial charge is 0.227 e. The molecular weight excluding hydrogens is 344 g/mol. The monoisotopic (exact) mass is 379 g/mol. The van der Waals surface area contributed by atoms with Gasteiger partial charge in [-0.05, 0) is 54.6 Å². The number of aromatic nitrogens is 2. The molecule has 4 aromatic rings. The number of pyridine rings is 2. The van der Waals surface area contributed by atoms with E-state index in [-0.39, 0.29) is 16.5 Å². The highest BCUT2D eigenvalue weighted by Gasteiger charge is 2.21. The van der Waals surface area contributed by atoms with Crippen molar-refractivity contribution >= 4 is 22.1 Å². The largest absolute Gasteiger partial charge is 0.437 e.